The van der Waals surface area contributed by atoms with E-state index < -0.39 is 6.10 Å². The van der Waals surface area contributed by atoms with E-state index in [0.29, 0.717) is 12.8 Å². The van der Waals surface area contributed by atoms with E-state index in [1.54, 1.807) is 0 Å². The molecule has 0 aromatic carbocycles. The van der Waals surface area contributed by atoms with Gasteiger partial charge in [-0.25, -0.2) is 0 Å². The fourth-order valence-corrected chi connectivity index (χ4v) is 5.39. The lowest BCUT2D eigenvalue weighted by atomic mass is 10.0. The van der Waals surface area contributed by atoms with Gasteiger partial charge in [-0.2, -0.15) is 0 Å². The summed E-state index contributed by atoms with van der Waals surface area (Å²) >= 11 is 5.95. The third-order valence-electron chi connectivity index (χ3n) is 8.03. The molecule has 4 nitrogen and oxygen atoms in total. The van der Waals surface area contributed by atoms with Crippen LogP contribution < -0.4 is 0 Å². The van der Waals surface area contributed by atoms with Gasteiger partial charge in [-0.05, 0) is 38.5 Å². The van der Waals surface area contributed by atoms with Gasteiger partial charge >= 0.3 is 11.9 Å². The van der Waals surface area contributed by atoms with Crippen LogP contribution >= 0.6 is 11.6 Å². The van der Waals surface area contributed by atoms with Crippen molar-refractivity contribution < 1.29 is 19.1 Å². The van der Waals surface area contributed by atoms with E-state index in [4.69, 9.17) is 21.1 Å². The smallest absolute Gasteiger partial charge is 0.306 e. The first-order chi connectivity index (χ1) is 20.6. The largest absolute Gasteiger partial charge is 0.462 e. The van der Waals surface area contributed by atoms with Gasteiger partial charge in [0.25, 0.3) is 0 Å². The van der Waals surface area contributed by atoms with E-state index in [2.05, 4.69) is 26.0 Å². The lowest BCUT2D eigenvalue weighted by Crippen LogP contribution is -2.26. The van der Waals surface area contributed by atoms with E-state index in [1.807, 2.05) is 0 Å². The number of halogens is 1. The molecule has 0 saturated carbocycles. The Morgan fingerprint density at radius 2 is 0.881 bits per heavy atom. The maximum atomic E-state index is 12.2. The zero-order valence-corrected chi connectivity index (χ0v) is 28.7. The van der Waals surface area contributed by atoms with E-state index in [-0.39, 0.29) is 24.4 Å². The van der Waals surface area contributed by atoms with Gasteiger partial charge in [0.2, 0.25) is 0 Å². The number of hydrogen-bond acceptors (Lipinski definition) is 4. The minimum atomic E-state index is -0.556. The Morgan fingerprint density at radius 1 is 0.524 bits per heavy atom. The molecule has 248 valence electrons. The molecule has 0 aromatic rings. The van der Waals surface area contributed by atoms with E-state index in [1.165, 1.54) is 128 Å². The maximum absolute atomic E-state index is 12.2. The van der Waals surface area contributed by atoms with Crippen molar-refractivity contribution in [2.45, 2.75) is 200 Å². The second-order valence-corrected chi connectivity index (χ2v) is 12.6. The lowest BCUT2D eigenvalue weighted by Gasteiger charge is -2.15. The molecule has 0 rings (SSSR count). The van der Waals surface area contributed by atoms with Gasteiger partial charge in [0.15, 0.2) is 0 Å². The van der Waals surface area contributed by atoms with Gasteiger partial charge < -0.3 is 9.47 Å². The first-order valence-corrected chi connectivity index (χ1v) is 18.7. The van der Waals surface area contributed by atoms with Crippen molar-refractivity contribution in [3.63, 3.8) is 0 Å². The number of unbranched alkanes of at least 4 members (excludes halogenated alkanes) is 23. The molecule has 0 unspecified atom stereocenters. The topological polar surface area (TPSA) is 52.6 Å². The van der Waals surface area contributed by atoms with Crippen molar-refractivity contribution in [1.82, 2.24) is 0 Å². The Bertz CT molecular complexity index is 607. The van der Waals surface area contributed by atoms with Crippen molar-refractivity contribution in [1.29, 1.82) is 0 Å². The summed E-state index contributed by atoms with van der Waals surface area (Å²) < 4.78 is 10.8. The highest BCUT2D eigenvalue weighted by molar-refractivity contribution is 6.18. The third kappa shape index (κ3) is 31.9. The third-order valence-corrected chi connectivity index (χ3v) is 8.37. The van der Waals surface area contributed by atoms with Crippen molar-refractivity contribution in [2.75, 3.05) is 12.5 Å². The zero-order valence-electron chi connectivity index (χ0n) is 28.0. The van der Waals surface area contributed by atoms with Gasteiger partial charge in [-0.3, -0.25) is 9.59 Å². The average Bonchev–Trinajstić information content (AvgIpc) is 2.99. The number of carbonyl (C=O) groups is 2. The Balaban J connectivity index is 3.55. The van der Waals surface area contributed by atoms with Crippen LogP contribution in [0.2, 0.25) is 0 Å². The van der Waals surface area contributed by atoms with Crippen LogP contribution in [0, 0.1) is 0 Å². The van der Waals surface area contributed by atoms with Crippen LogP contribution in [0.5, 0.6) is 0 Å². The summed E-state index contributed by atoms with van der Waals surface area (Å²) in [6, 6.07) is 0. The van der Waals surface area contributed by atoms with E-state index >= 15 is 0 Å². The van der Waals surface area contributed by atoms with Crippen LogP contribution in [0.1, 0.15) is 194 Å². The highest BCUT2D eigenvalue weighted by Crippen LogP contribution is 2.14. The fraction of sp³-hybridized carbons (Fsp3) is 0.892. The lowest BCUT2D eigenvalue weighted by molar-refractivity contribution is -0.157. The first kappa shape index (κ1) is 41.0. The predicted molar refractivity (Wildman–Crippen MR) is 181 cm³/mol. The number of allylic oxidation sites excluding steroid dienone is 2. The minimum absolute atomic E-state index is 0.0533. The molecule has 5 heteroatoms. The quantitative estimate of drug-likeness (QED) is 0.0320. The van der Waals surface area contributed by atoms with Crippen LogP contribution in [0.25, 0.3) is 0 Å². The van der Waals surface area contributed by atoms with Crippen LogP contribution in [-0.2, 0) is 19.1 Å². The minimum Gasteiger partial charge on any atom is -0.462 e. The predicted octanol–water partition coefficient (Wildman–Crippen LogP) is 12.2. The number of ether oxygens (including phenoxy) is 2. The highest BCUT2D eigenvalue weighted by atomic mass is 35.5. The molecule has 1 atom stereocenters. The van der Waals surface area contributed by atoms with Gasteiger partial charge in [0.05, 0.1) is 5.88 Å². The normalized spacial score (nSPS) is 12.2. The molecule has 0 aliphatic rings. The molecule has 0 N–H and O–H groups in total. The second kappa shape index (κ2) is 34.5. The van der Waals surface area contributed by atoms with Crippen molar-refractivity contribution >= 4 is 23.5 Å². The molecule has 0 aliphatic heterocycles. The molecule has 0 radical (unpaired) electrons. The summed E-state index contributed by atoms with van der Waals surface area (Å²) in [6.45, 7) is 4.58. The highest BCUT2D eigenvalue weighted by Gasteiger charge is 2.16. The van der Waals surface area contributed by atoms with Gasteiger partial charge in [0, 0.05) is 12.8 Å². The summed E-state index contributed by atoms with van der Waals surface area (Å²) in [6.07, 6.45) is 37.6. The average molecular weight is 613 g/mol. The number of carbonyl (C=O) groups excluding carboxylic acids is 2. The Hall–Kier alpha value is -1.03. The molecular formula is C37H69ClO4. The standard InChI is InChI=1S/C37H69ClO4/c1-3-5-7-9-11-13-15-17-18-20-21-23-25-27-29-31-36(39)41-34-35(33-38)42-37(40)32-30-28-26-24-22-19-16-14-12-10-8-6-4-2/h17-18,35H,3-16,19-34H2,1-2H3/b18-17-/t35-/m1/s1. The number of alkyl halides is 1. The monoisotopic (exact) mass is 612 g/mol. The molecular weight excluding hydrogens is 544 g/mol. The molecule has 0 bridgehead atoms. The van der Waals surface area contributed by atoms with Crippen molar-refractivity contribution in [2.24, 2.45) is 0 Å². The Labute approximate surface area is 266 Å². The van der Waals surface area contributed by atoms with Gasteiger partial charge in [-0.1, -0.05) is 154 Å². The van der Waals surface area contributed by atoms with E-state index in [9.17, 15) is 9.59 Å². The summed E-state index contributed by atoms with van der Waals surface area (Å²) in [4.78, 5) is 24.2. The molecule has 0 saturated heterocycles. The van der Waals surface area contributed by atoms with E-state index in [0.717, 1.165) is 38.5 Å². The number of esters is 2. The van der Waals surface area contributed by atoms with Crippen molar-refractivity contribution in [3.05, 3.63) is 12.2 Å². The van der Waals surface area contributed by atoms with Gasteiger partial charge in [0.1, 0.15) is 12.7 Å². The molecule has 0 heterocycles. The second-order valence-electron chi connectivity index (χ2n) is 12.3. The molecule has 0 aliphatic carbocycles. The zero-order chi connectivity index (χ0) is 30.8. The molecule has 0 spiro atoms. The molecule has 0 aromatic heterocycles. The SMILES string of the molecule is CCCCCCCC/C=C\CCCCCCCC(=O)OC[C@@H](CCl)OC(=O)CCCCCCCCCCCCCCC. The van der Waals surface area contributed by atoms with Crippen LogP contribution in [0.3, 0.4) is 0 Å². The number of rotatable bonds is 33. The van der Waals surface area contributed by atoms with Crippen LogP contribution in [-0.4, -0.2) is 30.5 Å². The molecule has 0 fully saturated rings. The van der Waals surface area contributed by atoms with Crippen molar-refractivity contribution in [3.8, 4) is 0 Å². The Morgan fingerprint density at radius 3 is 1.29 bits per heavy atom. The first-order valence-electron chi connectivity index (χ1n) is 18.2. The number of hydrogen-bond donors (Lipinski definition) is 0. The summed E-state index contributed by atoms with van der Waals surface area (Å²) in [5.74, 6) is -0.322. The van der Waals surface area contributed by atoms with Crippen LogP contribution in [0.4, 0.5) is 0 Å². The molecule has 0 amide bonds. The molecule has 42 heavy (non-hydrogen) atoms. The summed E-state index contributed by atoms with van der Waals surface area (Å²) in [5, 5.41) is 0. The van der Waals surface area contributed by atoms with Crippen LogP contribution in [0.15, 0.2) is 12.2 Å². The summed E-state index contributed by atoms with van der Waals surface area (Å²) in [7, 11) is 0. The Kier molecular flexibility index (Phi) is 33.6. The van der Waals surface area contributed by atoms with Gasteiger partial charge in [-0.15, -0.1) is 11.6 Å². The maximum Gasteiger partial charge on any atom is 0.306 e. The fourth-order valence-electron chi connectivity index (χ4n) is 5.24. The summed E-state index contributed by atoms with van der Waals surface area (Å²) in [5.41, 5.74) is 0.